The summed E-state index contributed by atoms with van der Waals surface area (Å²) in [6, 6.07) is 4.05. The Bertz CT molecular complexity index is 1300. The smallest absolute Gasteiger partial charge is 0.348 e. The van der Waals surface area contributed by atoms with Gasteiger partial charge in [0.1, 0.15) is 11.7 Å². The maximum Gasteiger partial charge on any atom is 0.417 e. The van der Waals surface area contributed by atoms with Crippen LogP contribution in [0.15, 0.2) is 43.0 Å². The lowest BCUT2D eigenvalue weighted by atomic mass is 9.99. The van der Waals surface area contributed by atoms with E-state index in [0.717, 1.165) is 28.7 Å². The number of fused-ring (bicyclic) bond motifs is 2. The van der Waals surface area contributed by atoms with Gasteiger partial charge in [-0.05, 0) is 24.3 Å². The van der Waals surface area contributed by atoms with Crippen molar-refractivity contribution in [2.45, 2.75) is 25.2 Å². The van der Waals surface area contributed by atoms with E-state index in [-0.39, 0.29) is 17.9 Å². The predicted octanol–water partition coefficient (Wildman–Crippen LogP) is 3.46. The molecule has 1 amide bonds. The summed E-state index contributed by atoms with van der Waals surface area (Å²) in [4.78, 5) is 21.8. The molecule has 0 radical (unpaired) electrons. The van der Waals surface area contributed by atoms with Crippen LogP contribution in [0.4, 0.5) is 22.0 Å². The maximum absolute atomic E-state index is 13.3. The van der Waals surface area contributed by atoms with Crippen LogP contribution in [0.3, 0.4) is 0 Å². The van der Waals surface area contributed by atoms with Gasteiger partial charge in [-0.15, -0.1) is 0 Å². The van der Waals surface area contributed by atoms with Gasteiger partial charge in [-0.1, -0.05) is 0 Å². The molecule has 1 aliphatic rings. The van der Waals surface area contributed by atoms with Crippen molar-refractivity contribution in [1.29, 1.82) is 0 Å². The molecular formula is C19H14F5N7O. The van der Waals surface area contributed by atoms with Gasteiger partial charge >= 0.3 is 12.7 Å². The second-order valence-corrected chi connectivity index (χ2v) is 7.21. The summed E-state index contributed by atoms with van der Waals surface area (Å²) in [5, 5.41) is 7.76. The molecule has 1 aliphatic heterocycles. The second kappa shape index (κ2) is 7.14. The number of imidazole rings is 1. The summed E-state index contributed by atoms with van der Waals surface area (Å²) in [7, 11) is 0. The quantitative estimate of drug-likeness (QED) is 0.484. The Morgan fingerprint density at radius 3 is 2.78 bits per heavy atom. The minimum atomic E-state index is -4.55. The lowest BCUT2D eigenvalue weighted by molar-refractivity contribution is -0.137. The number of carbonyl (C=O) groups is 1. The van der Waals surface area contributed by atoms with Crippen molar-refractivity contribution in [1.82, 2.24) is 34.3 Å². The van der Waals surface area contributed by atoms with Crippen molar-refractivity contribution in [3.05, 3.63) is 71.3 Å². The zero-order valence-corrected chi connectivity index (χ0v) is 16.1. The van der Waals surface area contributed by atoms with Crippen LogP contribution in [-0.2, 0) is 12.6 Å². The van der Waals surface area contributed by atoms with Crippen LogP contribution in [0, 0.1) is 0 Å². The Kier molecular flexibility index (Phi) is 4.50. The number of carbonyl (C=O) groups excluding carboxylic acids is 1. The van der Waals surface area contributed by atoms with Crippen molar-refractivity contribution in [2.24, 2.45) is 0 Å². The van der Waals surface area contributed by atoms with Crippen molar-refractivity contribution in [2.75, 3.05) is 6.54 Å². The first kappa shape index (κ1) is 20.2. The van der Waals surface area contributed by atoms with Crippen molar-refractivity contribution < 1.29 is 26.7 Å². The summed E-state index contributed by atoms with van der Waals surface area (Å²) in [5.74, 6) is -0.713. The number of hydrogen-bond donors (Lipinski definition) is 1. The molecule has 5 rings (SSSR count). The van der Waals surface area contributed by atoms with Crippen LogP contribution < -0.4 is 0 Å². The van der Waals surface area contributed by atoms with Crippen LogP contribution in [0.2, 0.25) is 0 Å². The number of nitrogens with one attached hydrogen (secondary N) is 1. The third kappa shape index (κ3) is 3.20. The van der Waals surface area contributed by atoms with Gasteiger partial charge in [0.05, 0.1) is 28.8 Å². The van der Waals surface area contributed by atoms with E-state index < -0.39 is 30.2 Å². The van der Waals surface area contributed by atoms with Gasteiger partial charge in [-0.3, -0.25) is 4.79 Å². The highest BCUT2D eigenvalue weighted by Crippen LogP contribution is 2.35. The molecule has 1 unspecified atom stereocenters. The number of pyridine rings is 1. The third-order valence-corrected chi connectivity index (χ3v) is 5.35. The fourth-order valence-corrected chi connectivity index (χ4v) is 3.89. The number of aromatic amines is 1. The Labute approximate surface area is 176 Å². The van der Waals surface area contributed by atoms with Gasteiger partial charge in [0.25, 0.3) is 5.91 Å². The Hall–Kier alpha value is -3.77. The zero-order chi connectivity index (χ0) is 22.6. The minimum Gasteiger partial charge on any atom is -0.348 e. The van der Waals surface area contributed by atoms with Crippen LogP contribution in [-0.4, -0.2) is 46.7 Å². The number of amides is 1. The molecule has 4 aromatic rings. The zero-order valence-electron chi connectivity index (χ0n) is 16.1. The van der Waals surface area contributed by atoms with E-state index in [4.69, 9.17) is 0 Å². The second-order valence-electron chi connectivity index (χ2n) is 7.21. The van der Waals surface area contributed by atoms with E-state index in [0.29, 0.717) is 22.3 Å². The summed E-state index contributed by atoms with van der Waals surface area (Å²) in [6.45, 7) is -2.85. The van der Waals surface area contributed by atoms with Crippen LogP contribution in [0.1, 0.15) is 45.7 Å². The van der Waals surface area contributed by atoms with Gasteiger partial charge in [0.15, 0.2) is 0 Å². The Balaban J connectivity index is 1.60. The van der Waals surface area contributed by atoms with Gasteiger partial charge < -0.3 is 9.88 Å². The lowest BCUT2D eigenvalue weighted by Crippen LogP contribution is -2.41. The fraction of sp³-hybridized carbons (Fsp3) is 0.263. The molecule has 13 heteroatoms. The van der Waals surface area contributed by atoms with E-state index in [2.05, 4.69) is 20.2 Å². The number of hydrogen-bond acceptors (Lipinski definition) is 4. The summed E-state index contributed by atoms with van der Waals surface area (Å²) >= 11 is 0. The first-order valence-corrected chi connectivity index (χ1v) is 9.45. The highest BCUT2D eigenvalue weighted by Gasteiger charge is 2.38. The molecular weight excluding hydrogens is 437 g/mol. The molecule has 0 spiro atoms. The summed E-state index contributed by atoms with van der Waals surface area (Å²) in [5.41, 5.74) is 0.626. The molecule has 32 heavy (non-hydrogen) atoms. The highest BCUT2D eigenvalue weighted by atomic mass is 19.4. The molecule has 0 aliphatic carbocycles. The van der Waals surface area contributed by atoms with Gasteiger partial charge in [0, 0.05) is 31.1 Å². The standard InChI is InChI=1S/C19H14F5N7O/c20-18(21)31-14(3-5-27-31)17(32)29-6-4-12-15(26-9-25-12)16(29)13-7-11-2-1-10(19(22,23)24)8-30(11)28-13/h1-3,5,7-9,16,18H,4,6H2,(H,25,26). The molecule has 166 valence electrons. The van der Waals surface area contributed by atoms with Crippen molar-refractivity contribution in [3.63, 3.8) is 0 Å². The summed E-state index contributed by atoms with van der Waals surface area (Å²) in [6.07, 6.45) is -0.762. The number of alkyl halides is 5. The molecule has 0 bridgehead atoms. The third-order valence-electron chi connectivity index (χ3n) is 5.35. The molecule has 1 atom stereocenters. The lowest BCUT2D eigenvalue weighted by Gasteiger charge is -2.33. The van der Waals surface area contributed by atoms with Gasteiger partial charge in [-0.2, -0.15) is 36.8 Å². The molecule has 0 aromatic carbocycles. The molecule has 4 aromatic heterocycles. The number of aromatic nitrogens is 6. The van der Waals surface area contributed by atoms with E-state index in [1.165, 1.54) is 23.4 Å². The first-order chi connectivity index (χ1) is 15.2. The van der Waals surface area contributed by atoms with Crippen LogP contribution in [0.5, 0.6) is 0 Å². The average molecular weight is 451 g/mol. The maximum atomic E-state index is 13.3. The highest BCUT2D eigenvalue weighted by molar-refractivity contribution is 5.93. The van der Waals surface area contributed by atoms with E-state index >= 15 is 0 Å². The Morgan fingerprint density at radius 1 is 1.22 bits per heavy atom. The molecule has 8 nitrogen and oxygen atoms in total. The van der Waals surface area contributed by atoms with Gasteiger partial charge in [-0.25, -0.2) is 9.50 Å². The monoisotopic (exact) mass is 451 g/mol. The molecule has 0 saturated carbocycles. The topological polar surface area (TPSA) is 84.1 Å². The molecule has 0 saturated heterocycles. The van der Waals surface area contributed by atoms with E-state index in [1.54, 1.807) is 6.07 Å². The molecule has 1 N–H and O–H groups in total. The van der Waals surface area contributed by atoms with E-state index in [9.17, 15) is 26.7 Å². The Morgan fingerprint density at radius 2 is 2.03 bits per heavy atom. The van der Waals surface area contributed by atoms with Crippen LogP contribution >= 0.6 is 0 Å². The average Bonchev–Trinajstić information content (AvgIpc) is 3.49. The van der Waals surface area contributed by atoms with E-state index in [1.807, 2.05) is 0 Å². The fourth-order valence-electron chi connectivity index (χ4n) is 3.89. The number of H-pyrrole nitrogens is 1. The van der Waals surface area contributed by atoms with Crippen LogP contribution in [0.25, 0.3) is 5.52 Å². The molecule has 0 fully saturated rings. The summed E-state index contributed by atoms with van der Waals surface area (Å²) < 4.78 is 67.2. The van der Waals surface area contributed by atoms with Crippen molar-refractivity contribution >= 4 is 11.4 Å². The minimum absolute atomic E-state index is 0.161. The van der Waals surface area contributed by atoms with Crippen molar-refractivity contribution in [3.8, 4) is 0 Å². The number of halogens is 5. The first-order valence-electron chi connectivity index (χ1n) is 9.45. The normalized spacial score (nSPS) is 16.7. The molecule has 5 heterocycles. The number of rotatable bonds is 3. The van der Waals surface area contributed by atoms with Gasteiger partial charge in [0.2, 0.25) is 0 Å². The largest absolute Gasteiger partial charge is 0.417 e. The SMILES string of the molecule is O=C(c1ccnn1C(F)F)N1CCc2[nH]cnc2C1c1cc2ccc(C(F)(F)F)cn2n1. The predicted molar refractivity (Wildman–Crippen MR) is 98.8 cm³/mol. The number of nitrogens with zero attached hydrogens (tertiary/aromatic N) is 6.